The van der Waals surface area contributed by atoms with Crippen molar-refractivity contribution >= 4 is 17.9 Å². The molecule has 0 radical (unpaired) electrons. The minimum Gasteiger partial charge on any atom is -0.459 e. The zero-order valence-electron chi connectivity index (χ0n) is 18.9. The van der Waals surface area contributed by atoms with Crippen LogP contribution in [-0.4, -0.2) is 56.2 Å². The van der Waals surface area contributed by atoms with Crippen LogP contribution < -0.4 is 0 Å². The van der Waals surface area contributed by atoms with Crippen molar-refractivity contribution in [2.24, 2.45) is 0 Å². The highest BCUT2D eigenvalue weighted by molar-refractivity contribution is 5.90. The van der Waals surface area contributed by atoms with Gasteiger partial charge in [-0.05, 0) is 36.4 Å². The van der Waals surface area contributed by atoms with Crippen LogP contribution in [0.4, 0.5) is 0 Å². The van der Waals surface area contributed by atoms with Crippen molar-refractivity contribution in [3.05, 3.63) is 108 Å². The number of ether oxygens (including phenoxy) is 5. The average Bonchev–Trinajstić information content (AvgIpc) is 3.24. The van der Waals surface area contributed by atoms with Crippen molar-refractivity contribution in [1.29, 1.82) is 0 Å². The van der Waals surface area contributed by atoms with Crippen LogP contribution in [0, 0.1) is 0 Å². The van der Waals surface area contributed by atoms with E-state index in [0.717, 1.165) is 0 Å². The molecule has 1 aliphatic heterocycles. The van der Waals surface area contributed by atoms with Crippen molar-refractivity contribution in [2.75, 3.05) is 13.7 Å². The van der Waals surface area contributed by atoms with E-state index in [9.17, 15) is 14.4 Å². The van der Waals surface area contributed by atoms with E-state index in [1.54, 1.807) is 91.0 Å². The molecule has 3 aromatic carbocycles. The molecule has 4 rings (SSSR count). The first-order valence-electron chi connectivity index (χ1n) is 11.0. The fourth-order valence-corrected chi connectivity index (χ4v) is 3.63. The standard InChI is InChI=1S/C27H24O8/c1-31-27-23(35-26(30)20-15-9-4-10-16-20)22(34-25(29)19-13-7-3-8-14-19)21(33-27)17-32-24(28)18-11-5-2-6-12-18/h2-16,21-23,27H,17H2,1H3/t21?,22-,23?,27?/m0/s1. The smallest absolute Gasteiger partial charge is 0.338 e. The van der Waals surface area contributed by atoms with E-state index in [-0.39, 0.29) is 6.61 Å². The van der Waals surface area contributed by atoms with Crippen molar-refractivity contribution in [3.63, 3.8) is 0 Å². The molecule has 3 aromatic rings. The first-order chi connectivity index (χ1) is 17.1. The predicted molar refractivity (Wildman–Crippen MR) is 124 cm³/mol. The average molecular weight is 476 g/mol. The molecular weight excluding hydrogens is 452 g/mol. The van der Waals surface area contributed by atoms with E-state index >= 15 is 0 Å². The summed E-state index contributed by atoms with van der Waals surface area (Å²) in [5, 5.41) is 0. The quantitative estimate of drug-likeness (QED) is 0.359. The number of hydrogen-bond donors (Lipinski definition) is 0. The van der Waals surface area contributed by atoms with E-state index in [2.05, 4.69) is 0 Å². The molecule has 0 N–H and O–H groups in total. The topological polar surface area (TPSA) is 97.4 Å². The summed E-state index contributed by atoms with van der Waals surface area (Å²) in [6.07, 6.45) is -4.17. The Hall–Kier alpha value is -4.01. The first-order valence-corrected chi connectivity index (χ1v) is 11.0. The van der Waals surface area contributed by atoms with Gasteiger partial charge in [-0.2, -0.15) is 0 Å². The molecule has 0 aliphatic carbocycles. The van der Waals surface area contributed by atoms with Gasteiger partial charge in [-0.15, -0.1) is 0 Å². The van der Waals surface area contributed by atoms with Gasteiger partial charge in [0.2, 0.25) is 0 Å². The van der Waals surface area contributed by atoms with Crippen molar-refractivity contribution < 1.29 is 38.1 Å². The summed E-state index contributed by atoms with van der Waals surface area (Å²) in [6, 6.07) is 25.2. The molecule has 0 saturated carbocycles. The Kier molecular flexibility index (Phi) is 7.87. The number of esters is 3. The molecule has 0 spiro atoms. The predicted octanol–water partition coefficient (Wildman–Crippen LogP) is 3.67. The van der Waals surface area contributed by atoms with Crippen molar-refractivity contribution in [3.8, 4) is 0 Å². The second-order valence-electron chi connectivity index (χ2n) is 7.72. The molecule has 1 aliphatic rings. The molecule has 1 saturated heterocycles. The van der Waals surface area contributed by atoms with Gasteiger partial charge in [0.15, 0.2) is 18.5 Å². The maximum absolute atomic E-state index is 12.8. The molecular formula is C27H24O8. The Morgan fingerprint density at radius 3 is 1.54 bits per heavy atom. The van der Waals surface area contributed by atoms with Crippen molar-refractivity contribution in [1.82, 2.24) is 0 Å². The highest BCUT2D eigenvalue weighted by Gasteiger charge is 2.50. The molecule has 8 heteroatoms. The Labute approximate surface area is 202 Å². The van der Waals surface area contributed by atoms with E-state index in [0.29, 0.717) is 16.7 Å². The fraction of sp³-hybridized carbons (Fsp3) is 0.222. The normalized spacial score (nSPS) is 21.2. The second kappa shape index (κ2) is 11.4. The largest absolute Gasteiger partial charge is 0.459 e. The highest BCUT2D eigenvalue weighted by Crippen LogP contribution is 2.29. The maximum Gasteiger partial charge on any atom is 0.338 e. The van der Waals surface area contributed by atoms with Crippen molar-refractivity contribution in [2.45, 2.75) is 24.6 Å². The number of benzene rings is 3. The molecule has 0 amide bonds. The molecule has 1 fully saturated rings. The SMILES string of the molecule is COC1OC(COC(=O)c2ccccc2)[C@H](OC(=O)c2ccccc2)C1OC(=O)c1ccccc1. The van der Waals surface area contributed by atoms with Gasteiger partial charge < -0.3 is 23.7 Å². The zero-order chi connectivity index (χ0) is 24.6. The van der Waals surface area contributed by atoms with E-state index in [1.165, 1.54) is 7.11 Å². The summed E-state index contributed by atoms with van der Waals surface area (Å²) in [5.74, 6) is -1.85. The maximum atomic E-state index is 12.8. The Morgan fingerprint density at radius 2 is 1.09 bits per heavy atom. The van der Waals surface area contributed by atoms with Gasteiger partial charge in [0.05, 0.1) is 16.7 Å². The van der Waals surface area contributed by atoms with Gasteiger partial charge >= 0.3 is 17.9 Å². The van der Waals surface area contributed by atoms with Crippen LogP contribution in [0.5, 0.6) is 0 Å². The molecule has 1 heterocycles. The third-order valence-electron chi connectivity index (χ3n) is 5.39. The third kappa shape index (κ3) is 5.92. The van der Waals surface area contributed by atoms with Gasteiger partial charge in [0, 0.05) is 7.11 Å². The number of rotatable bonds is 8. The molecule has 8 nitrogen and oxygen atoms in total. The van der Waals surface area contributed by atoms with Crippen LogP contribution in [0.15, 0.2) is 91.0 Å². The van der Waals surface area contributed by atoms with Crippen LogP contribution in [0.2, 0.25) is 0 Å². The lowest BCUT2D eigenvalue weighted by molar-refractivity contribution is -0.155. The molecule has 3 unspecified atom stereocenters. The second-order valence-corrected chi connectivity index (χ2v) is 7.72. The lowest BCUT2D eigenvalue weighted by Crippen LogP contribution is -2.42. The van der Waals surface area contributed by atoms with Gasteiger partial charge in [-0.3, -0.25) is 0 Å². The van der Waals surface area contributed by atoms with E-state index in [4.69, 9.17) is 23.7 Å². The number of carbonyl (C=O) groups excluding carboxylic acids is 3. The molecule has 0 aromatic heterocycles. The van der Waals surface area contributed by atoms with Gasteiger partial charge in [0.1, 0.15) is 12.7 Å². The monoisotopic (exact) mass is 476 g/mol. The minimum absolute atomic E-state index is 0.250. The minimum atomic E-state index is -1.10. The first kappa shape index (κ1) is 24.1. The van der Waals surface area contributed by atoms with Crippen LogP contribution in [0.25, 0.3) is 0 Å². The Morgan fingerprint density at radius 1 is 0.657 bits per heavy atom. The molecule has 35 heavy (non-hydrogen) atoms. The Bertz CT molecular complexity index is 1130. The van der Waals surface area contributed by atoms with Gasteiger partial charge in [-0.25, -0.2) is 14.4 Å². The summed E-state index contributed by atoms with van der Waals surface area (Å²) in [6.45, 7) is -0.250. The van der Waals surface area contributed by atoms with Gasteiger partial charge in [-0.1, -0.05) is 54.6 Å². The molecule has 180 valence electrons. The lowest BCUT2D eigenvalue weighted by atomic mass is 10.1. The summed E-state index contributed by atoms with van der Waals surface area (Å²) < 4.78 is 28.0. The van der Waals surface area contributed by atoms with Crippen LogP contribution in [0.3, 0.4) is 0 Å². The summed E-state index contributed by atoms with van der Waals surface area (Å²) in [5.41, 5.74) is 0.981. The number of hydrogen-bond acceptors (Lipinski definition) is 8. The van der Waals surface area contributed by atoms with Crippen LogP contribution in [-0.2, 0) is 23.7 Å². The molecule has 0 bridgehead atoms. The number of methoxy groups -OCH3 is 1. The van der Waals surface area contributed by atoms with Gasteiger partial charge in [0.25, 0.3) is 0 Å². The summed E-state index contributed by atoms with van der Waals surface area (Å²) in [4.78, 5) is 38.0. The lowest BCUT2D eigenvalue weighted by Gasteiger charge is -2.24. The summed E-state index contributed by atoms with van der Waals surface area (Å²) >= 11 is 0. The highest BCUT2D eigenvalue weighted by atomic mass is 16.7. The summed E-state index contributed by atoms with van der Waals surface area (Å²) in [7, 11) is 1.38. The van der Waals surface area contributed by atoms with E-state index < -0.39 is 42.5 Å². The zero-order valence-corrected chi connectivity index (χ0v) is 18.9. The fourth-order valence-electron chi connectivity index (χ4n) is 3.63. The van der Waals surface area contributed by atoms with Crippen LogP contribution in [0.1, 0.15) is 31.1 Å². The van der Waals surface area contributed by atoms with Crippen LogP contribution >= 0.6 is 0 Å². The van der Waals surface area contributed by atoms with E-state index in [1.807, 2.05) is 0 Å². The number of carbonyl (C=O) groups is 3. The third-order valence-corrected chi connectivity index (χ3v) is 5.39. The molecule has 4 atom stereocenters. The Balaban J connectivity index is 1.54.